The third-order valence-electron chi connectivity index (χ3n) is 5.13. The molecule has 0 bridgehead atoms. The molecule has 2 aliphatic rings. The number of sulfonamides is 2. The van der Waals surface area contributed by atoms with Crippen LogP contribution < -0.4 is 4.31 Å². The van der Waals surface area contributed by atoms with Crippen molar-refractivity contribution < 1.29 is 21.6 Å². The molecule has 0 spiro atoms. The zero-order valence-corrected chi connectivity index (χ0v) is 17.1. The maximum absolute atomic E-state index is 13.2. The summed E-state index contributed by atoms with van der Waals surface area (Å²) in [6.45, 7) is 3.18. The summed E-state index contributed by atoms with van der Waals surface area (Å²) in [4.78, 5) is 0.167. The molecule has 2 heterocycles. The lowest BCUT2D eigenvalue weighted by Crippen LogP contribution is -2.40. The van der Waals surface area contributed by atoms with Gasteiger partial charge in [0, 0.05) is 19.1 Å². The van der Waals surface area contributed by atoms with Gasteiger partial charge >= 0.3 is 0 Å². The number of anilines is 1. The fourth-order valence-electron chi connectivity index (χ4n) is 3.74. The predicted molar refractivity (Wildman–Crippen MR) is 105 cm³/mol. The zero-order chi connectivity index (χ0) is 19.9. The third kappa shape index (κ3) is 3.22. The maximum Gasteiger partial charge on any atom is 0.264 e. The van der Waals surface area contributed by atoms with Gasteiger partial charge in [-0.25, -0.2) is 16.8 Å². The first kappa shape index (κ1) is 19.4. The monoisotopic (exact) mass is 422 g/mol. The summed E-state index contributed by atoms with van der Waals surface area (Å²) in [5, 5.41) is 0. The average Bonchev–Trinajstić information content (AvgIpc) is 3.05. The molecule has 2 aromatic rings. The van der Waals surface area contributed by atoms with Crippen molar-refractivity contribution in [2.45, 2.75) is 29.2 Å². The van der Waals surface area contributed by atoms with Crippen LogP contribution in [0.25, 0.3) is 0 Å². The number of benzene rings is 2. The van der Waals surface area contributed by atoms with Crippen LogP contribution in [-0.4, -0.2) is 53.5 Å². The minimum Gasteiger partial charge on any atom is -0.379 e. The van der Waals surface area contributed by atoms with E-state index in [1.54, 1.807) is 6.07 Å². The molecule has 28 heavy (non-hydrogen) atoms. The highest BCUT2D eigenvalue weighted by Gasteiger charge is 2.36. The fraction of sp³-hybridized carbons (Fsp3) is 0.368. The number of para-hydroxylation sites is 1. The molecule has 0 N–H and O–H groups in total. The standard InChI is InChI=1S/C19H22N2O5S2/c1-15-14-16-4-2-3-5-19(16)21(15)28(24,25)18-8-6-17(7-9-18)27(22,23)20-10-12-26-13-11-20/h2-9,15H,10-14H2,1H3/t15-/m1/s1. The minimum atomic E-state index is -3.78. The molecule has 7 nitrogen and oxygen atoms in total. The Balaban J connectivity index is 1.65. The summed E-state index contributed by atoms with van der Waals surface area (Å²) in [6.07, 6.45) is 0.652. The summed E-state index contributed by atoms with van der Waals surface area (Å²) >= 11 is 0. The van der Waals surface area contributed by atoms with Crippen molar-refractivity contribution in [2.75, 3.05) is 30.6 Å². The highest BCUT2D eigenvalue weighted by Crippen LogP contribution is 2.36. The summed E-state index contributed by atoms with van der Waals surface area (Å²) in [5.41, 5.74) is 1.67. The lowest BCUT2D eigenvalue weighted by atomic mass is 10.1. The van der Waals surface area contributed by atoms with E-state index in [0.717, 1.165) is 5.56 Å². The van der Waals surface area contributed by atoms with Gasteiger partial charge in [0.1, 0.15) is 0 Å². The van der Waals surface area contributed by atoms with E-state index in [2.05, 4.69) is 0 Å². The zero-order valence-electron chi connectivity index (χ0n) is 15.5. The van der Waals surface area contributed by atoms with Gasteiger partial charge in [0.2, 0.25) is 10.0 Å². The van der Waals surface area contributed by atoms with E-state index in [-0.39, 0.29) is 15.8 Å². The largest absolute Gasteiger partial charge is 0.379 e. The van der Waals surface area contributed by atoms with Gasteiger partial charge in [-0.1, -0.05) is 18.2 Å². The van der Waals surface area contributed by atoms with E-state index in [4.69, 9.17) is 4.74 Å². The van der Waals surface area contributed by atoms with E-state index < -0.39 is 20.0 Å². The molecule has 2 aromatic carbocycles. The number of ether oxygens (including phenoxy) is 1. The van der Waals surface area contributed by atoms with Crippen LogP contribution in [0, 0.1) is 0 Å². The second-order valence-corrected chi connectivity index (χ2v) is 10.7. The minimum absolute atomic E-state index is 0.0805. The molecule has 0 amide bonds. The van der Waals surface area contributed by atoms with Crippen LogP contribution in [0.3, 0.4) is 0 Å². The van der Waals surface area contributed by atoms with Crippen LogP contribution in [-0.2, 0) is 31.2 Å². The predicted octanol–water partition coefficient (Wildman–Crippen LogP) is 1.85. The Bertz CT molecular complexity index is 1080. The summed E-state index contributed by atoms with van der Waals surface area (Å²) in [5.74, 6) is 0. The quantitative estimate of drug-likeness (QED) is 0.751. The smallest absolute Gasteiger partial charge is 0.264 e. The van der Waals surface area contributed by atoms with E-state index in [0.29, 0.717) is 38.4 Å². The molecule has 2 aliphatic heterocycles. The normalized spacial score (nSPS) is 20.9. The molecule has 1 saturated heterocycles. The molecule has 0 radical (unpaired) electrons. The average molecular weight is 423 g/mol. The molecule has 0 aromatic heterocycles. The van der Waals surface area contributed by atoms with Crippen molar-refractivity contribution in [2.24, 2.45) is 0 Å². The molecular formula is C19H22N2O5S2. The van der Waals surface area contributed by atoms with E-state index in [1.165, 1.54) is 32.9 Å². The first-order chi connectivity index (χ1) is 13.3. The van der Waals surface area contributed by atoms with Gasteiger partial charge in [0.05, 0.1) is 28.7 Å². The van der Waals surface area contributed by atoms with E-state index >= 15 is 0 Å². The Kier molecular flexibility index (Phi) is 4.95. The number of rotatable bonds is 4. The third-order valence-corrected chi connectivity index (χ3v) is 8.99. The van der Waals surface area contributed by atoms with Gasteiger partial charge in [-0.05, 0) is 49.2 Å². The number of fused-ring (bicyclic) bond motifs is 1. The Hall–Kier alpha value is -1.94. The molecule has 4 rings (SSSR count). The topological polar surface area (TPSA) is 84.0 Å². The molecule has 0 aliphatic carbocycles. The van der Waals surface area contributed by atoms with Gasteiger partial charge in [-0.3, -0.25) is 4.31 Å². The highest BCUT2D eigenvalue weighted by molar-refractivity contribution is 7.93. The Labute approximate surface area is 165 Å². The Morgan fingerprint density at radius 3 is 2.07 bits per heavy atom. The lowest BCUT2D eigenvalue weighted by Gasteiger charge is -2.26. The summed E-state index contributed by atoms with van der Waals surface area (Å²) in [6, 6.07) is 12.7. The second-order valence-electron chi connectivity index (χ2n) is 6.97. The van der Waals surface area contributed by atoms with E-state index in [9.17, 15) is 16.8 Å². The Morgan fingerprint density at radius 1 is 0.857 bits per heavy atom. The number of hydrogen-bond donors (Lipinski definition) is 0. The molecule has 150 valence electrons. The first-order valence-corrected chi connectivity index (χ1v) is 12.0. The Morgan fingerprint density at radius 2 is 1.43 bits per heavy atom. The number of nitrogens with zero attached hydrogens (tertiary/aromatic N) is 2. The van der Waals surface area contributed by atoms with Crippen molar-refractivity contribution in [1.29, 1.82) is 0 Å². The number of morpholine rings is 1. The van der Waals surface area contributed by atoms with Crippen LogP contribution in [0.15, 0.2) is 58.3 Å². The number of hydrogen-bond acceptors (Lipinski definition) is 5. The van der Waals surface area contributed by atoms with Crippen LogP contribution in [0.5, 0.6) is 0 Å². The van der Waals surface area contributed by atoms with Gasteiger partial charge in [-0.15, -0.1) is 0 Å². The molecular weight excluding hydrogens is 400 g/mol. The maximum atomic E-state index is 13.2. The van der Waals surface area contributed by atoms with Crippen molar-refractivity contribution in [3.63, 3.8) is 0 Å². The summed E-state index contributed by atoms with van der Waals surface area (Å²) < 4.78 is 59.9. The van der Waals surface area contributed by atoms with Crippen LogP contribution in [0.1, 0.15) is 12.5 Å². The highest BCUT2D eigenvalue weighted by atomic mass is 32.2. The lowest BCUT2D eigenvalue weighted by molar-refractivity contribution is 0.0730. The SMILES string of the molecule is C[C@@H]1Cc2ccccc2N1S(=O)(=O)c1ccc(S(=O)(=O)N2CCOCC2)cc1. The van der Waals surface area contributed by atoms with Crippen molar-refractivity contribution in [3.8, 4) is 0 Å². The summed E-state index contributed by atoms with van der Waals surface area (Å²) in [7, 11) is -7.44. The van der Waals surface area contributed by atoms with Crippen LogP contribution >= 0.6 is 0 Å². The van der Waals surface area contributed by atoms with Gasteiger partial charge in [-0.2, -0.15) is 4.31 Å². The molecule has 1 fully saturated rings. The van der Waals surface area contributed by atoms with Crippen molar-refractivity contribution in [1.82, 2.24) is 4.31 Å². The van der Waals surface area contributed by atoms with Crippen LogP contribution in [0.4, 0.5) is 5.69 Å². The molecule has 1 atom stereocenters. The van der Waals surface area contributed by atoms with E-state index in [1.807, 2.05) is 25.1 Å². The van der Waals surface area contributed by atoms with Gasteiger partial charge in [0.25, 0.3) is 10.0 Å². The van der Waals surface area contributed by atoms with Crippen molar-refractivity contribution in [3.05, 3.63) is 54.1 Å². The molecule has 0 unspecified atom stereocenters. The first-order valence-electron chi connectivity index (χ1n) is 9.12. The second kappa shape index (κ2) is 7.14. The van der Waals surface area contributed by atoms with Crippen LogP contribution in [0.2, 0.25) is 0 Å². The van der Waals surface area contributed by atoms with Gasteiger partial charge in [0.15, 0.2) is 0 Å². The van der Waals surface area contributed by atoms with Gasteiger partial charge < -0.3 is 4.74 Å². The fourth-order valence-corrected chi connectivity index (χ4v) is 6.84. The van der Waals surface area contributed by atoms with Crippen molar-refractivity contribution >= 4 is 25.7 Å². The molecule has 9 heteroatoms. The molecule has 0 saturated carbocycles.